The Labute approximate surface area is 271 Å². The lowest BCUT2D eigenvalue weighted by Gasteiger charge is -2.28. The van der Waals surface area contributed by atoms with Crippen molar-refractivity contribution in [2.75, 3.05) is 13.1 Å². The van der Waals surface area contributed by atoms with Crippen molar-refractivity contribution in [3.8, 4) is 5.75 Å². The van der Waals surface area contributed by atoms with Crippen LogP contribution >= 0.6 is 0 Å². The van der Waals surface area contributed by atoms with Crippen molar-refractivity contribution in [3.63, 3.8) is 0 Å². The summed E-state index contributed by atoms with van der Waals surface area (Å²) in [6.45, 7) is 8.59. The molecule has 0 spiro atoms. The van der Waals surface area contributed by atoms with Crippen molar-refractivity contribution in [3.05, 3.63) is 77.0 Å². The fraction of sp³-hybridized carbons (Fsp3) is 0.455. The largest absolute Gasteiger partial charge is 0.508 e. The highest BCUT2D eigenvalue weighted by atomic mass is 16.3. The number of primary amides is 1. The van der Waals surface area contributed by atoms with E-state index in [1.165, 1.54) is 0 Å². The van der Waals surface area contributed by atoms with Crippen LogP contribution in [0.1, 0.15) is 54.4 Å². The summed E-state index contributed by atoms with van der Waals surface area (Å²) in [6, 6.07) is 9.12. The second-order valence-electron chi connectivity index (χ2n) is 11.5. The number of aryl methyl sites for hydroxylation is 2. The Morgan fingerprint density at radius 3 is 2.04 bits per heavy atom. The van der Waals surface area contributed by atoms with Gasteiger partial charge in [-0.1, -0.05) is 36.9 Å². The SMILES string of the molecule is C=C(N[C@@H](Cc1c(C)cc(O)cc1C)C(=O)N[C@@H](CCCCN)C(=O)N[C@@H](Cc1ccccc1)C(N)=O)[C@H](N)CCCN=C(N)N. The summed E-state index contributed by atoms with van der Waals surface area (Å²) in [5.74, 6) is -1.57. The summed E-state index contributed by atoms with van der Waals surface area (Å²) in [5, 5.41) is 18.9. The molecule has 0 saturated carbocycles. The molecule has 0 heterocycles. The molecule has 4 atom stereocenters. The van der Waals surface area contributed by atoms with Gasteiger partial charge in [0.2, 0.25) is 17.7 Å². The Hall–Kier alpha value is -4.62. The quantitative estimate of drug-likeness (QED) is 0.0547. The number of phenolic OH excluding ortho intramolecular Hbond substituents is 1. The van der Waals surface area contributed by atoms with Crippen LogP contribution in [0.25, 0.3) is 0 Å². The molecule has 0 bridgehead atoms. The third-order valence-electron chi connectivity index (χ3n) is 7.70. The van der Waals surface area contributed by atoms with Crippen LogP contribution in [0, 0.1) is 13.8 Å². The molecular weight excluding hydrogens is 586 g/mol. The number of nitrogens with one attached hydrogen (secondary N) is 3. The zero-order valence-electron chi connectivity index (χ0n) is 26.9. The van der Waals surface area contributed by atoms with E-state index in [0.717, 1.165) is 22.3 Å². The molecule has 0 fully saturated rings. The summed E-state index contributed by atoms with van der Waals surface area (Å²) in [4.78, 5) is 43.8. The van der Waals surface area contributed by atoms with E-state index >= 15 is 0 Å². The van der Waals surface area contributed by atoms with E-state index in [1.54, 1.807) is 12.1 Å². The molecular formula is C33H51N9O4. The standard InChI is InChI=1S/C33H51N9O4/c1-20-16-24(43)17-21(2)25(20)19-29(40-22(3)26(35)12-9-15-39-33(37)38)32(46)41-27(13-7-8-14-34)31(45)42-28(30(36)44)18-23-10-5-4-6-11-23/h4-6,10-11,16-17,26-29,40,43H,3,7-9,12-15,18-19,34-35H2,1-2H3,(H2,36,44)(H,41,46)(H,42,45)(H4,37,38,39)/t26-,27+,28+,29+/m1/s1. The van der Waals surface area contributed by atoms with E-state index in [4.69, 9.17) is 28.7 Å². The smallest absolute Gasteiger partial charge is 0.243 e. The van der Waals surface area contributed by atoms with Gasteiger partial charge < -0.3 is 49.7 Å². The van der Waals surface area contributed by atoms with E-state index < -0.39 is 41.9 Å². The molecule has 252 valence electrons. The number of aliphatic imine (C=N–C) groups is 1. The van der Waals surface area contributed by atoms with E-state index in [9.17, 15) is 19.5 Å². The lowest BCUT2D eigenvalue weighted by molar-refractivity contribution is -0.132. The molecule has 3 amide bonds. The third kappa shape index (κ3) is 12.8. The molecule has 46 heavy (non-hydrogen) atoms. The highest BCUT2D eigenvalue weighted by Crippen LogP contribution is 2.23. The molecule has 0 radical (unpaired) electrons. The Morgan fingerprint density at radius 1 is 0.848 bits per heavy atom. The molecule has 13 heteroatoms. The predicted molar refractivity (Wildman–Crippen MR) is 181 cm³/mol. The monoisotopic (exact) mass is 637 g/mol. The average molecular weight is 638 g/mol. The predicted octanol–water partition coefficient (Wildman–Crippen LogP) is 0.231. The maximum atomic E-state index is 13.9. The van der Waals surface area contributed by atoms with Crippen LogP contribution in [-0.4, -0.2) is 66.0 Å². The lowest BCUT2D eigenvalue weighted by Crippen LogP contribution is -2.57. The third-order valence-corrected chi connectivity index (χ3v) is 7.70. The summed E-state index contributed by atoms with van der Waals surface area (Å²) in [7, 11) is 0. The number of hydrogen-bond donors (Lipinski definition) is 9. The molecule has 0 unspecified atom stereocenters. The van der Waals surface area contributed by atoms with Crippen molar-refractivity contribution in [2.45, 2.75) is 83.0 Å². The van der Waals surface area contributed by atoms with Crippen LogP contribution in [-0.2, 0) is 27.2 Å². The number of guanidine groups is 1. The zero-order valence-corrected chi connectivity index (χ0v) is 26.9. The first-order valence-corrected chi connectivity index (χ1v) is 15.5. The number of unbranched alkanes of at least 4 members (excludes halogenated alkanes) is 1. The lowest BCUT2D eigenvalue weighted by atomic mass is 9.94. The number of benzene rings is 2. The van der Waals surface area contributed by atoms with Crippen LogP contribution in [0.15, 0.2) is 59.7 Å². The minimum atomic E-state index is -0.975. The number of hydrogen-bond acceptors (Lipinski definition) is 8. The van der Waals surface area contributed by atoms with Crippen LogP contribution in [0.5, 0.6) is 5.75 Å². The first-order valence-electron chi connectivity index (χ1n) is 15.5. The number of amides is 3. The summed E-state index contributed by atoms with van der Waals surface area (Å²) in [6.07, 6.45) is 3.03. The van der Waals surface area contributed by atoms with Gasteiger partial charge in [0.25, 0.3) is 0 Å². The topological polar surface area (TPSA) is 250 Å². The average Bonchev–Trinajstić information content (AvgIpc) is 2.99. The van der Waals surface area contributed by atoms with Gasteiger partial charge in [0.05, 0.1) is 0 Å². The number of rotatable bonds is 20. The number of carbonyl (C=O) groups excluding carboxylic acids is 3. The normalized spacial score (nSPS) is 13.5. The van der Waals surface area contributed by atoms with Crippen molar-refractivity contribution >= 4 is 23.7 Å². The summed E-state index contributed by atoms with van der Waals surface area (Å²) < 4.78 is 0. The highest BCUT2D eigenvalue weighted by molar-refractivity contribution is 5.93. The molecule has 0 aliphatic heterocycles. The fourth-order valence-electron chi connectivity index (χ4n) is 5.11. The van der Waals surface area contributed by atoms with Crippen molar-refractivity contribution in [1.82, 2.24) is 16.0 Å². The highest BCUT2D eigenvalue weighted by Gasteiger charge is 2.29. The summed E-state index contributed by atoms with van der Waals surface area (Å²) in [5.41, 5.74) is 32.2. The van der Waals surface area contributed by atoms with Gasteiger partial charge in [0.15, 0.2) is 5.96 Å². The van der Waals surface area contributed by atoms with E-state index in [2.05, 4.69) is 27.5 Å². The Kier molecular flexibility index (Phi) is 15.5. The first-order chi connectivity index (χ1) is 21.8. The van der Waals surface area contributed by atoms with Gasteiger partial charge in [-0.2, -0.15) is 0 Å². The van der Waals surface area contributed by atoms with Gasteiger partial charge in [-0.25, -0.2) is 0 Å². The number of aromatic hydroxyl groups is 1. The van der Waals surface area contributed by atoms with Gasteiger partial charge in [0, 0.05) is 31.1 Å². The molecule has 2 aromatic carbocycles. The van der Waals surface area contributed by atoms with E-state index in [1.807, 2.05) is 44.2 Å². The van der Waals surface area contributed by atoms with Crippen LogP contribution in [0.4, 0.5) is 0 Å². The molecule has 0 saturated heterocycles. The molecule has 13 nitrogen and oxygen atoms in total. The second kappa shape index (κ2) is 19.0. The van der Waals surface area contributed by atoms with Crippen molar-refractivity contribution < 1.29 is 19.5 Å². The Balaban J connectivity index is 2.30. The number of carbonyl (C=O) groups is 3. The van der Waals surface area contributed by atoms with E-state index in [0.29, 0.717) is 50.9 Å². The van der Waals surface area contributed by atoms with Crippen molar-refractivity contribution in [2.24, 2.45) is 33.7 Å². The zero-order chi connectivity index (χ0) is 34.2. The number of nitrogens with two attached hydrogens (primary N) is 5. The van der Waals surface area contributed by atoms with Gasteiger partial charge in [-0.15, -0.1) is 0 Å². The van der Waals surface area contributed by atoms with E-state index in [-0.39, 0.29) is 24.6 Å². The first kappa shape index (κ1) is 37.6. The van der Waals surface area contributed by atoms with Crippen molar-refractivity contribution in [1.29, 1.82) is 0 Å². The van der Waals surface area contributed by atoms with Crippen LogP contribution in [0.2, 0.25) is 0 Å². The number of nitrogens with zero attached hydrogens (tertiary/aromatic N) is 1. The van der Waals surface area contributed by atoms with Gasteiger partial charge in [0.1, 0.15) is 23.9 Å². The van der Waals surface area contributed by atoms with Gasteiger partial charge >= 0.3 is 0 Å². The maximum absolute atomic E-state index is 13.9. The molecule has 0 aliphatic rings. The summed E-state index contributed by atoms with van der Waals surface area (Å²) >= 11 is 0. The molecule has 0 aliphatic carbocycles. The van der Waals surface area contributed by atoms with Gasteiger partial charge in [-0.3, -0.25) is 19.4 Å². The number of phenols is 1. The fourth-order valence-corrected chi connectivity index (χ4v) is 5.11. The molecule has 2 rings (SSSR count). The minimum absolute atomic E-state index is 0.00540. The van der Waals surface area contributed by atoms with Gasteiger partial charge in [-0.05, 0) is 86.9 Å². The minimum Gasteiger partial charge on any atom is -0.508 e. The molecule has 0 aromatic heterocycles. The molecule has 14 N–H and O–H groups in total. The Morgan fingerprint density at radius 2 is 1.46 bits per heavy atom. The maximum Gasteiger partial charge on any atom is 0.243 e. The molecule has 2 aromatic rings. The second-order valence-corrected chi connectivity index (χ2v) is 11.5. The Bertz CT molecular complexity index is 1320. The van der Waals surface area contributed by atoms with Crippen LogP contribution < -0.4 is 44.6 Å². The van der Waals surface area contributed by atoms with Crippen LogP contribution in [0.3, 0.4) is 0 Å².